The molecule has 0 aliphatic carbocycles. The minimum absolute atomic E-state index is 0.170. The average Bonchev–Trinajstić information content (AvgIpc) is 0.706. The largest absolute Gasteiger partial charge is 0.489 e. The van der Waals surface area contributed by atoms with E-state index < -0.39 is 0 Å². The Bertz CT molecular complexity index is 5460. The first-order valence-corrected chi connectivity index (χ1v) is 43.8. The molecule has 130 heavy (non-hydrogen) atoms. The summed E-state index contributed by atoms with van der Waals surface area (Å²) in [6, 6.07) is 88.0. The van der Waals surface area contributed by atoms with E-state index in [4.69, 9.17) is 95.2 Å². The smallest absolute Gasteiger partial charge is 0.161 e. The van der Waals surface area contributed by atoms with Gasteiger partial charge in [-0.25, -0.2) is 9.97 Å². The Morgan fingerprint density at radius 2 is 0.415 bits per heavy atom. The molecule has 8 heterocycles. The summed E-state index contributed by atoms with van der Waals surface area (Å²) in [4.78, 5) is 28.6. The number of rotatable bonds is 14. The molecule has 9 aromatic carbocycles. The predicted octanol–water partition coefficient (Wildman–Crippen LogP) is 19.4. The van der Waals surface area contributed by atoms with E-state index in [9.17, 15) is 0 Å². The van der Waals surface area contributed by atoms with Crippen molar-refractivity contribution in [1.82, 2.24) is 29.9 Å². The van der Waals surface area contributed by atoms with Crippen LogP contribution in [-0.4, -0.2) is 188 Å². The first kappa shape index (κ1) is 88.1. The van der Waals surface area contributed by atoms with Gasteiger partial charge in [0, 0.05) is 24.8 Å². The van der Waals surface area contributed by atoms with Gasteiger partial charge in [-0.05, 0) is 223 Å². The molecule has 2 aliphatic heterocycles. The maximum Gasteiger partial charge on any atom is 0.161 e. The first-order valence-electron chi connectivity index (χ1n) is 43.8. The second kappa shape index (κ2) is 46.2. The Kier molecular flexibility index (Phi) is 31.3. The molecule has 0 amide bonds. The van der Waals surface area contributed by atoms with Crippen molar-refractivity contribution in [3.8, 4) is 148 Å². The molecule has 24 heteroatoms. The van der Waals surface area contributed by atoms with Gasteiger partial charge in [0.15, 0.2) is 46.0 Å². The number of fused-ring (bicyclic) bond motifs is 6. The van der Waals surface area contributed by atoms with E-state index in [1.807, 2.05) is 146 Å². The standard InChI is InChI=1S/C106H100N6O18/c1-2-18-98-97(17-1)121-57-49-113-41-45-117-53-61-125-101-69-85-86(70-102(101)126-62-54-118-46-42-114-50-58-122-98)106(80-31-35-84(36-32-80)130-74-76-23-27-78(28-24-76)82-67-95(91-15-7-11-39-109-91)112-96(68-82)92-16-8-12-40-110-92)88-72-104-103(127-63-55-119-47-43-115-51-59-123-99-19-3-4-20-100(99)124-60-52-116-44-48-120-56-64-128-104)71-87(88)105(85)79-29-33-83(34-30-79)129-73-75-21-25-77(26-22-75)81-65-93(89-13-5-9-37-107-89)111-94(66-81)90-14-6-10-38-108-90/h1-40,65-72H,41-64,73-74H2. The first-order chi connectivity index (χ1) is 64.5. The molecule has 6 aromatic heterocycles. The zero-order chi connectivity index (χ0) is 87.8. The van der Waals surface area contributed by atoms with E-state index in [0.717, 1.165) is 123 Å². The van der Waals surface area contributed by atoms with Crippen molar-refractivity contribution >= 4 is 21.5 Å². The lowest BCUT2D eigenvalue weighted by Gasteiger charge is -2.23. The van der Waals surface area contributed by atoms with Gasteiger partial charge in [0.1, 0.15) is 77.6 Å². The number of hydrogen-bond acceptors (Lipinski definition) is 24. The van der Waals surface area contributed by atoms with Gasteiger partial charge in [0.05, 0.1) is 151 Å². The maximum atomic E-state index is 6.87. The van der Waals surface area contributed by atoms with Crippen molar-refractivity contribution in [3.05, 3.63) is 303 Å². The summed E-state index contributed by atoms with van der Waals surface area (Å²) in [6.07, 6.45) is 7.10. The number of benzene rings is 9. The van der Waals surface area contributed by atoms with Gasteiger partial charge >= 0.3 is 0 Å². The minimum atomic E-state index is 0.170. The highest BCUT2D eigenvalue weighted by molar-refractivity contribution is 6.22. The molecule has 15 aromatic rings. The lowest BCUT2D eigenvalue weighted by atomic mass is 9.85. The van der Waals surface area contributed by atoms with Crippen LogP contribution in [0.1, 0.15) is 11.1 Å². The summed E-state index contributed by atoms with van der Waals surface area (Å²) in [7, 11) is 0. The quantitative estimate of drug-likeness (QED) is 0.0918. The van der Waals surface area contributed by atoms with E-state index >= 15 is 0 Å². The van der Waals surface area contributed by atoms with Gasteiger partial charge in [-0.2, -0.15) is 0 Å². The van der Waals surface area contributed by atoms with E-state index in [-0.39, 0.29) is 52.9 Å². The molecular formula is C106H100N6O18. The van der Waals surface area contributed by atoms with Gasteiger partial charge < -0.3 is 85.3 Å². The molecule has 0 saturated carbocycles. The lowest BCUT2D eigenvalue weighted by molar-refractivity contribution is 0.0223. The highest BCUT2D eigenvalue weighted by atomic mass is 16.6. The van der Waals surface area contributed by atoms with E-state index in [2.05, 4.69) is 141 Å². The molecule has 0 fully saturated rings. The van der Waals surface area contributed by atoms with E-state index in [1.165, 1.54) is 0 Å². The van der Waals surface area contributed by atoms with Crippen LogP contribution in [-0.2, 0) is 51.1 Å². The molecule has 0 unspecified atom stereocenters. The second-order valence-electron chi connectivity index (χ2n) is 30.2. The van der Waals surface area contributed by atoms with E-state index in [1.54, 1.807) is 24.8 Å². The molecule has 0 saturated heterocycles. The van der Waals surface area contributed by atoms with Crippen LogP contribution >= 0.6 is 0 Å². The van der Waals surface area contributed by atoms with Crippen molar-refractivity contribution in [3.63, 3.8) is 0 Å². The van der Waals surface area contributed by atoms with Crippen LogP contribution in [0.4, 0.5) is 0 Å². The highest BCUT2D eigenvalue weighted by Crippen LogP contribution is 2.51. The maximum absolute atomic E-state index is 6.87. The van der Waals surface area contributed by atoms with Crippen LogP contribution in [0.2, 0.25) is 0 Å². The van der Waals surface area contributed by atoms with Gasteiger partial charge in [0.2, 0.25) is 0 Å². The third kappa shape index (κ3) is 24.1. The summed E-state index contributed by atoms with van der Waals surface area (Å²) in [5, 5.41) is 3.33. The third-order valence-electron chi connectivity index (χ3n) is 21.3. The topological polar surface area (TPSA) is 243 Å². The number of para-hydroxylation sites is 4. The van der Waals surface area contributed by atoms with Gasteiger partial charge in [-0.3, -0.25) is 19.9 Å². The highest BCUT2D eigenvalue weighted by Gasteiger charge is 2.25. The fourth-order valence-electron chi connectivity index (χ4n) is 15.0. The molecule has 0 bridgehead atoms. The van der Waals surface area contributed by atoms with Crippen LogP contribution in [0, 0.1) is 0 Å². The molecular weight excluding hydrogens is 1650 g/mol. The van der Waals surface area contributed by atoms with Crippen molar-refractivity contribution in [2.45, 2.75) is 13.2 Å². The summed E-state index contributed by atoms with van der Waals surface area (Å²) in [5.74, 6) is 5.71. The lowest BCUT2D eigenvalue weighted by Crippen LogP contribution is -2.15. The number of pyridine rings is 6. The Morgan fingerprint density at radius 3 is 0.654 bits per heavy atom. The molecule has 24 nitrogen and oxygen atoms in total. The van der Waals surface area contributed by atoms with Crippen LogP contribution in [0.25, 0.3) is 112 Å². The Morgan fingerprint density at radius 1 is 0.192 bits per heavy atom. The van der Waals surface area contributed by atoms with Crippen molar-refractivity contribution in [1.29, 1.82) is 0 Å². The number of hydrogen-bond donors (Lipinski definition) is 0. The molecule has 17 rings (SSSR count). The van der Waals surface area contributed by atoms with Gasteiger partial charge in [-0.15, -0.1) is 0 Å². The number of ether oxygens (including phenoxy) is 18. The SMILES string of the molecule is c1ccc(-c2cc(-c3ccc(COc4ccc(-c5c6cc7c(cc6c(-c6ccc(OCc8ccc(-c9cc(-c%10ccccn%10)nc(-c%10ccccn%10)c9)cc8)cc6)c6cc8c(cc56)OCCOCCOCCOc5ccccc5OCCOCCOCCO8)OCCOCCOCCOc5ccccc5OCCOCCOCCO7)cc4)cc3)cc(-c3ccccn3)n2)nc1. The van der Waals surface area contributed by atoms with Crippen molar-refractivity contribution in [2.75, 3.05) is 159 Å². The average molecular weight is 1750 g/mol. The number of aromatic nitrogens is 6. The molecule has 0 spiro atoms. The normalized spacial score (nSPS) is 15.0. The molecule has 0 N–H and O–H groups in total. The molecule has 662 valence electrons. The van der Waals surface area contributed by atoms with E-state index in [0.29, 0.717) is 176 Å². The van der Waals surface area contributed by atoms with Crippen LogP contribution in [0.5, 0.6) is 57.5 Å². The fraction of sp³-hybridized carbons (Fsp3) is 0.245. The van der Waals surface area contributed by atoms with Crippen LogP contribution in [0.15, 0.2) is 292 Å². The Labute approximate surface area is 754 Å². The summed E-state index contributed by atoms with van der Waals surface area (Å²) < 4.78 is 114. The summed E-state index contributed by atoms with van der Waals surface area (Å²) in [5.41, 5.74) is 15.4. The number of nitrogens with zero attached hydrogens (tertiary/aromatic N) is 6. The fourth-order valence-corrected chi connectivity index (χ4v) is 15.0. The van der Waals surface area contributed by atoms with Crippen molar-refractivity contribution in [2.24, 2.45) is 0 Å². The molecule has 0 atom stereocenters. The Hall–Kier alpha value is -13.9. The predicted molar refractivity (Wildman–Crippen MR) is 497 cm³/mol. The van der Waals surface area contributed by atoms with Gasteiger partial charge in [-0.1, -0.05) is 121 Å². The monoisotopic (exact) mass is 1740 g/mol. The van der Waals surface area contributed by atoms with Crippen LogP contribution in [0.3, 0.4) is 0 Å². The second-order valence-corrected chi connectivity index (χ2v) is 30.2. The van der Waals surface area contributed by atoms with Gasteiger partial charge in [0.25, 0.3) is 0 Å². The summed E-state index contributed by atoms with van der Waals surface area (Å²) in [6.45, 7) is 7.46. The summed E-state index contributed by atoms with van der Waals surface area (Å²) >= 11 is 0. The minimum Gasteiger partial charge on any atom is -0.489 e. The molecule has 2 aliphatic rings. The third-order valence-corrected chi connectivity index (χ3v) is 21.3. The molecule has 0 radical (unpaired) electrons. The zero-order valence-electron chi connectivity index (χ0n) is 72.1. The Balaban J connectivity index is 0.715. The van der Waals surface area contributed by atoms with Crippen LogP contribution < -0.4 is 47.4 Å². The zero-order valence-corrected chi connectivity index (χ0v) is 72.1. The van der Waals surface area contributed by atoms with Crippen molar-refractivity contribution < 1.29 is 85.3 Å².